The molecule has 1 saturated carbocycles. The van der Waals surface area contributed by atoms with Gasteiger partial charge in [0, 0.05) is 31.7 Å². The first-order chi connectivity index (χ1) is 10.4. The first kappa shape index (κ1) is 13.0. The van der Waals surface area contributed by atoms with Gasteiger partial charge in [-0.1, -0.05) is 18.2 Å². The Kier molecular flexibility index (Phi) is 3.45. The molecule has 21 heavy (non-hydrogen) atoms. The van der Waals surface area contributed by atoms with Crippen LogP contribution < -0.4 is 5.32 Å². The number of nitrogens with one attached hydrogen (secondary N) is 1. The molecule has 0 bridgehead atoms. The lowest BCUT2D eigenvalue weighted by Crippen LogP contribution is -2.33. The number of hydrogen-bond donors (Lipinski definition) is 1. The molecule has 1 aliphatic carbocycles. The number of benzene rings is 1. The second kappa shape index (κ2) is 5.58. The quantitative estimate of drug-likeness (QED) is 0.905. The van der Waals surface area contributed by atoms with Crippen LogP contribution in [-0.4, -0.2) is 45.1 Å². The van der Waals surface area contributed by atoms with Crippen LogP contribution in [0.5, 0.6) is 0 Å². The smallest absolute Gasteiger partial charge is 0.0969 e. The molecule has 5 nitrogen and oxygen atoms in total. The Bertz CT molecular complexity index is 590. The highest BCUT2D eigenvalue weighted by atomic mass is 15.5. The van der Waals surface area contributed by atoms with Gasteiger partial charge in [-0.25, -0.2) is 0 Å². The molecule has 2 aliphatic rings. The van der Waals surface area contributed by atoms with E-state index in [-0.39, 0.29) is 0 Å². The molecule has 0 radical (unpaired) electrons. The highest BCUT2D eigenvalue weighted by Gasteiger charge is 2.34. The van der Waals surface area contributed by atoms with Crippen LogP contribution >= 0.6 is 0 Å². The van der Waals surface area contributed by atoms with Crippen LogP contribution in [-0.2, 0) is 6.54 Å². The van der Waals surface area contributed by atoms with Crippen molar-refractivity contribution in [1.29, 1.82) is 0 Å². The van der Waals surface area contributed by atoms with E-state index in [1.165, 1.54) is 32.4 Å². The Balaban J connectivity index is 1.32. The van der Waals surface area contributed by atoms with Crippen LogP contribution in [0.25, 0.3) is 5.69 Å². The van der Waals surface area contributed by atoms with Crippen LogP contribution in [0.3, 0.4) is 0 Å². The maximum atomic E-state index is 4.54. The van der Waals surface area contributed by atoms with Crippen LogP contribution in [0.4, 0.5) is 0 Å². The van der Waals surface area contributed by atoms with Gasteiger partial charge in [-0.15, -0.1) is 0 Å². The fourth-order valence-corrected chi connectivity index (χ4v) is 3.04. The van der Waals surface area contributed by atoms with E-state index in [2.05, 4.69) is 20.4 Å². The second-order valence-electron chi connectivity index (χ2n) is 6.05. The lowest BCUT2D eigenvalue weighted by Gasteiger charge is -2.15. The van der Waals surface area contributed by atoms with Crippen molar-refractivity contribution in [2.45, 2.75) is 37.9 Å². The Hall–Kier alpha value is -1.72. The molecule has 1 saturated heterocycles. The van der Waals surface area contributed by atoms with Crippen molar-refractivity contribution in [3.8, 4) is 5.69 Å². The van der Waals surface area contributed by atoms with Crippen molar-refractivity contribution < 1.29 is 0 Å². The lowest BCUT2D eigenvalue weighted by molar-refractivity contribution is 0.317. The molecule has 4 rings (SSSR count). The Morgan fingerprint density at radius 1 is 1.14 bits per heavy atom. The molecule has 1 aliphatic heterocycles. The molecule has 2 fully saturated rings. The van der Waals surface area contributed by atoms with Gasteiger partial charge in [-0.2, -0.15) is 15.0 Å². The van der Waals surface area contributed by atoms with Gasteiger partial charge in [-0.05, 0) is 31.4 Å². The summed E-state index contributed by atoms with van der Waals surface area (Å²) in [6, 6.07) is 11.5. The van der Waals surface area contributed by atoms with Gasteiger partial charge >= 0.3 is 0 Å². The zero-order chi connectivity index (χ0) is 14.1. The number of rotatable bonds is 5. The van der Waals surface area contributed by atoms with Crippen molar-refractivity contribution >= 4 is 0 Å². The fourth-order valence-electron chi connectivity index (χ4n) is 3.04. The third-order valence-electron chi connectivity index (χ3n) is 4.38. The van der Waals surface area contributed by atoms with Crippen LogP contribution in [0.2, 0.25) is 0 Å². The number of hydrogen-bond acceptors (Lipinski definition) is 4. The van der Waals surface area contributed by atoms with Gasteiger partial charge in [0.05, 0.1) is 17.6 Å². The monoisotopic (exact) mass is 283 g/mol. The van der Waals surface area contributed by atoms with Gasteiger partial charge in [0.2, 0.25) is 0 Å². The summed E-state index contributed by atoms with van der Waals surface area (Å²) in [5.74, 6) is 0. The van der Waals surface area contributed by atoms with E-state index in [1.807, 2.05) is 36.5 Å². The van der Waals surface area contributed by atoms with E-state index >= 15 is 0 Å². The summed E-state index contributed by atoms with van der Waals surface area (Å²) < 4.78 is 0. The maximum absolute atomic E-state index is 4.54. The first-order valence-corrected chi connectivity index (χ1v) is 7.82. The molecule has 110 valence electrons. The number of nitrogens with zero attached hydrogens (tertiary/aromatic N) is 4. The van der Waals surface area contributed by atoms with Crippen molar-refractivity contribution in [1.82, 2.24) is 25.2 Å². The zero-order valence-electron chi connectivity index (χ0n) is 12.2. The third kappa shape index (κ3) is 2.99. The van der Waals surface area contributed by atoms with E-state index in [4.69, 9.17) is 0 Å². The van der Waals surface area contributed by atoms with Crippen LogP contribution in [0.15, 0.2) is 36.5 Å². The lowest BCUT2D eigenvalue weighted by atomic mass is 10.2. The molecule has 1 unspecified atom stereocenters. The van der Waals surface area contributed by atoms with E-state index < -0.39 is 0 Å². The zero-order valence-corrected chi connectivity index (χ0v) is 12.2. The molecule has 0 amide bonds. The molecule has 1 aromatic carbocycles. The van der Waals surface area contributed by atoms with E-state index in [1.54, 1.807) is 4.80 Å². The minimum atomic E-state index is 0.604. The van der Waals surface area contributed by atoms with Gasteiger partial charge < -0.3 is 5.32 Å². The predicted octanol–water partition coefficient (Wildman–Crippen LogP) is 1.59. The summed E-state index contributed by atoms with van der Waals surface area (Å²) in [7, 11) is 0. The molecule has 1 atom stereocenters. The molecule has 5 heteroatoms. The predicted molar refractivity (Wildman–Crippen MR) is 81.2 cm³/mol. The molecule has 2 aromatic rings. The average molecular weight is 283 g/mol. The molecular weight excluding hydrogens is 262 g/mol. The topological polar surface area (TPSA) is 46.0 Å². The second-order valence-corrected chi connectivity index (χ2v) is 6.05. The minimum absolute atomic E-state index is 0.604. The van der Waals surface area contributed by atoms with Crippen molar-refractivity contribution in [2.75, 3.05) is 13.1 Å². The van der Waals surface area contributed by atoms with Crippen LogP contribution in [0, 0.1) is 0 Å². The highest BCUT2D eigenvalue weighted by molar-refractivity contribution is 5.28. The molecular formula is C16H21N5. The van der Waals surface area contributed by atoms with E-state index in [9.17, 15) is 0 Å². The summed E-state index contributed by atoms with van der Waals surface area (Å²) in [4.78, 5) is 4.32. The summed E-state index contributed by atoms with van der Waals surface area (Å²) >= 11 is 0. The minimum Gasteiger partial charge on any atom is -0.307 e. The largest absolute Gasteiger partial charge is 0.307 e. The van der Waals surface area contributed by atoms with Crippen LogP contribution in [0.1, 0.15) is 25.0 Å². The number of para-hydroxylation sites is 1. The Morgan fingerprint density at radius 3 is 2.81 bits per heavy atom. The van der Waals surface area contributed by atoms with Gasteiger partial charge in [0.15, 0.2) is 0 Å². The summed E-state index contributed by atoms with van der Waals surface area (Å²) in [5, 5.41) is 12.5. The Labute approximate surface area is 125 Å². The summed E-state index contributed by atoms with van der Waals surface area (Å²) in [5.41, 5.74) is 2.01. The van der Waals surface area contributed by atoms with Crippen molar-refractivity contribution in [3.05, 3.63) is 42.2 Å². The molecule has 0 spiro atoms. The number of aromatic nitrogens is 3. The Morgan fingerprint density at radius 2 is 2.00 bits per heavy atom. The number of likely N-dealkylation sites (tertiary alicyclic amines) is 1. The van der Waals surface area contributed by atoms with Crippen molar-refractivity contribution in [3.63, 3.8) is 0 Å². The molecule has 2 heterocycles. The molecule has 1 aromatic heterocycles. The standard InChI is InChI=1S/C16H21N5/c1-2-4-16(5-3-1)21-18-11-14(19-21)10-17-13-8-9-20(12-13)15-6-7-15/h1-5,11,13,15,17H,6-10,12H2. The van der Waals surface area contributed by atoms with Gasteiger partial charge in [0.25, 0.3) is 0 Å². The van der Waals surface area contributed by atoms with E-state index in [0.29, 0.717) is 6.04 Å². The maximum Gasteiger partial charge on any atom is 0.0969 e. The molecule has 1 N–H and O–H groups in total. The highest BCUT2D eigenvalue weighted by Crippen LogP contribution is 2.29. The normalized spacial score (nSPS) is 22.8. The van der Waals surface area contributed by atoms with Crippen molar-refractivity contribution in [2.24, 2.45) is 0 Å². The van der Waals surface area contributed by atoms with Gasteiger partial charge in [-0.3, -0.25) is 4.90 Å². The summed E-state index contributed by atoms with van der Waals surface area (Å²) in [6.07, 6.45) is 5.91. The fraction of sp³-hybridized carbons (Fsp3) is 0.500. The summed E-state index contributed by atoms with van der Waals surface area (Å²) in [6.45, 7) is 3.24. The third-order valence-corrected chi connectivity index (χ3v) is 4.38. The first-order valence-electron chi connectivity index (χ1n) is 7.82. The average Bonchev–Trinajstić information content (AvgIpc) is 3.09. The SMILES string of the molecule is c1ccc(-n2ncc(CNC3CCN(C4CC4)C3)n2)cc1. The van der Waals surface area contributed by atoms with E-state index in [0.717, 1.165) is 24.0 Å². The van der Waals surface area contributed by atoms with Gasteiger partial charge in [0.1, 0.15) is 0 Å².